The van der Waals surface area contributed by atoms with Gasteiger partial charge in [-0.3, -0.25) is 14.6 Å². The molecule has 114 valence electrons. The Hall–Kier alpha value is -1.50. The zero-order valence-electron chi connectivity index (χ0n) is 12.0. The second-order valence-electron chi connectivity index (χ2n) is 5.41. The molecular formula is C14H20N4O2S. The molecule has 0 atom stereocenters. The Morgan fingerprint density at radius 2 is 2.33 bits per heavy atom. The normalized spacial score (nSPS) is 20.7. The molecule has 0 aromatic carbocycles. The van der Waals surface area contributed by atoms with Crippen LogP contribution in [0.2, 0.25) is 0 Å². The van der Waals surface area contributed by atoms with Crippen LogP contribution in [-0.2, 0) is 9.59 Å². The lowest BCUT2D eigenvalue weighted by Gasteiger charge is -2.17. The number of nitrogens with zero attached hydrogens (tertiary/aromatic N) is 3. The first-order chi connectivity index (χ1) is 10.2. The number of rotatable bonds is 6. The van der Waals surface area contributed by atoms with Crippen LogP contribution in [0.4, 0.5) is 0 Å². The number of amidine groups is 1. The molecule has 0 spiro atoms. The SMILES string of the molecule is O=C(CC1=CSC2=NCCN12)NCCCN1CCCC1=O. The molecule has 3 aliphatic rings. The van der Waals surface area contributed by atoms with Crippen LogP contribution < -0.4 is 5.32 Å². The monoisotopic (exact) mass is 308 g/mol. The average molecular weight is 308 g/mol. The quantitative estimate of drug-likeness (QED) is 0.736. The van der Waals surface area contributed by atoms with Crippen LogP contribution in [0.25, 0.3) is 0 Å². The van der Waals surface area contributed by atoms with Gasteiger partial charge in [0.15, 0.2) is 5.17 Å². The number of hydrogen-bond donors (Lipinski definition) is 1. The van der Waals surface area contributed by atoms with Crippen molar-refractivity contribution in [1.29, 1.82) is 0 Å². The molecule has 3 aliphatic heterocycles. The summed E-state index contributed by atoms with van der Waals surface area (Å²) in [6.45, 7) is 3.96. The lowest BCUT2D eigenvalue weighted by Crippen LogP contribution is -2.32. The van der Waals surface area contributed by atoms with Crippen LogP contribution >= 0.6 is 11.8 Å². The summed E-state index contributed by atoms with van der Waals surface area (Å²) >= 11 is 1.60. The highest BCUT2D eigenvalue weighted by molar-refractivity contribution is 8.16. The average Bonchev–Trinajstić information content (AvgIpc) is 3.15. The summed E-state index contributed by atoms with van der Waals surface area (Å²) in [4.78, 5) is 31.8. The first kappa shape index (κ1) is 14.4. The van der Waals surface area contributed by atoms with E-state index in [0.717, 1.165) is 49.9 Å². The Balaban J connectivity index is 1.33. The van der Waals surface area contributed by atoms with Crippen molar-refractivity contribution in [3.8, 4) is 0 Å². The lowest BCUT2D eigenvalue weighted by molar-refractivity contribution is -0.127. The number of aliphatic imine (C=N–C) groups is 1. The highest BCUT2D eigenvalue weighted by Crippen LogP contribution is 2.30. The minimum atomic E-state index is 0.0442. The molecule has 0 aromatic rings. The van der Waals surface area contributed by atoms with Crippen molar-refractivity contribution < 1.29 is 9.59 Å². The zero-order chi connectivity index (χ0) is 14.7. The number of carbonyl (C=O) groups is 2. The first-order valence-corrected chi connectivity index (χ1v) is 8.34. The Labute approximate surface area is 128 Å². The fraction of sp³-hybridized carbons (Fsp3) is 0.643. The van der Waals surface area contributed by atoms with Crippen LogP contribution in [0.3, 0.4) is 0 Å². The molecule has 6 nitrogen and oxygen atoms in total. The van der Waals surface area contributed by atoms with Crippen LogP contribution in [0, 0.1) is 0 Å². The molecule has 1 saturated heterocycles. The molecule has 3 heterocycles. The van der Waals surface area contributed by atoms with Crippen molar-refractivity contribution >= 4 is 28.7 Å². The minimum Gasteiger partial charge on any atom is -0.356 e. The summed E-state index contributed by atoms with van der Waals surface area (Å²) in [5, 5.41) is 5.97. The van der Waals surface area contributed by atoms with Gasteiger partial charge >= 0.3 is 0 Å². The zero-order valence-corrected chi connectivity index (χ0v) is 12.8. The number of nitrogens with one attached hydrogen (secondary N) is 1. The standard InChI is InChI=1S/C14H20N4O2S/c19-12(9-11-10-21-14-16-5-8-18(11)14)15-4-2-7-17-6-1-3-13(17)20/h10H,1-9H2,(H,15,19). The largest absolute Gasteiger partial charge is 0.356 e. The number of fused-ring (bicyclic) bond motifs is 1. The summed E-state index contributed by atoms with van der Waals surface area (Å²) in [5.41, 5.74) is 1.04. The number of amides is 2. The van der Waals surface area contributed by atoms with Crippen molar-refractivity contribution in [3.05, 3.63) is 11.1 Å². The summed E-state index contributed by atoms with van der Waals surface area (Å²) in [6.07, 6.45) is 2.88. The number of thioether (sulfide) groups is 1. The summed E-state index contributed by atoms with van der Waals surface area (Å²) < 4.78 is 0. The molecule has 0 aliphatic carbocycles. The molecule has 0 saturated carbocycles. The molecule has 1 fully saturated rings. The van der Waals surface area contributed by atoms with Gasteiger partial charge in [-0.15, -0.1) is 0 Å². The van der Waals surface area contributed by atoms with Gasteiger partial charge in [0.2, 0.25) is 11.8 Å². The van der Waals surface area contributed by atoms with Gasteiger partial charge in [-0.25, -0.2) is 0 Å². The second-order valence-corrected chi connectivity index (χ2v) is 6.24. The van der Waals surface area contributed by atoms with Crippen LogP contribution in [0.5, 0.6) is 0 Å². The number of carbonyl (C=O) groups excluding carboxylic acids is 2. The fourth-order valence-corrected chi connectivity index (χ4v) is 3.73. The van der Waals surface area contributed by atoms with Gasteiger partial charge in [-0.05, 0) is 18.2 Å². The van der Waals surface area contributed by atoms with E-state index in [0.29, 0.717) is 19.4 Å². The van der Waals surface area contributed by atoms with Crippen molar-refractivity contribution in [2.24, 2.45) is 4.99 Å². The molecule has 1 N–H and O–H groups in total. The number of likely N-dealkylation sites (tertiary alicyclic amines) is 1. The maximum atomic E-state index is 11.9. The Kier molecular flexibility index (Phi) is 4.48. The van der Waals surface area contributed by atoms with Crippen LogP contribution in [-0.4, -0.2) is 59.5 Å². The molecule has 7 heteroatoms. The van der Waals surface area contributed by atoms with Gasteiger partial charge in [-0.2, -0.15) is 0 Å². The summed E-state index contributed by atoms with van der Waals surface area (Å²) in [5.74, 6) is 0.290. The molecule has 21 heavy (non-hydrogen) atoms. The molecule has 0 unspecified atom stereocenters. The van der Waals surface area contributed by atoms with Gasteiger partial charge < -0.3 is 15.1 Å². The number of hydrogen-bond acceptors (Lipinski definition) is 5. The maximum absolute atomic E-state index is 11.9. The third-order valence-electron chi connectivity index (χ3n) is 3.89. The predicted octanol–water partition coefficient (Wildman–Crippen LogP) is 0.765. The maximum Gasteiger partial charge on any atom is 0.225 e. The molecule has 2 amide bonds. The Morgan fingerprint density at radius 1 is 1.43 bits per heavy atom. The van der Waals surface area contributed by atoms with E-state index in [9.17, 15) is 9.59 Å². The van der Waals surface area contributed by atoms with Crippen molar-refractivity contribution in [2.75, 3.05) is 32.7 Å². The molecular weight excluding hydrogens is 288 g/mol. The second kappa shape index (κ2) is 6.51. The predicted molar refractivity (Wildman–Crippen MR) is 82.7 cm³/mol. The van der Waals surface area contributed by atoms with E-state index in [-0.39, 0.29) is 11.8 Å². The highest BCUT2D eigenvalue weighted by Gasteiger charge is 2.27. The third kappa shape index (κ3) is 3.40. The van der Waals surface area contributed by atoms with Gasteiger partial charge in [-0.1, -0.05) is 11.8 Å². The van der Waals surface area contributed by atoms with Gasteiger partial charge in [0, 0.05) is 38.3 Å². The summed E-state index contributed by atoms with van der Waals surface area (Å²) in [7, 11) is 0. The highest BCUT2D eigenvalue weighted by atomic mass is 32.2. The first-order valence-electron chi connectivity index (χ1n) is 7.46. The van der Waals surface area contributed by atoms with E-state index < -0.39 is 0 Å². The van der Waals surface area contributed by atoms with E-state index in [4.69, 9.17) is 0 Å². The van der Waals surface area contributed by atoms with E-state index in [1.807, 2.05) is 10.3 Å². The van der Waals surface area contributed by atoms with E-state index in [1.54, 1.807) is 11.8 Å². The van der Waals surface area contributed by atoms with Crippen LogP contribution in [0.15, 0.2) is 16.1 Å². The van der Waals surface area contributed by atoms with Crippen molar-refractivity contribution in [1.82, 2.24) is 15.1 Å². The molecule has 0 aromatic heterocycles. The van der Waals surface area contributed by atoms with E-state index >= 15 is 0 Å². The van der Waals surface area contributed by atoms with Crippen molar-refractivity contribution in [2.45, 2.75) is 25.7 Å². The Morgan fingerprint density at radius 3 is 3.14 bits per heavy atom. The van der Waals surface area contributed by atoms with E-state index in [2.05, 4.69) is 15.2 Å². The van der Waals surface area contributed by atoms with Gasteiger partial charge in [0.1, 0.15) is 0 Å². The molecule has 0 radical (unpaired) electrons. The minimum absolute atomic E-state index is 0.0442. The fourth-order valence-electron chi connectivity index (χ4n) is 2.78. The van der Waals surface area contributed by atoms with Crippen molar-refractivity contribution in [3.63, 3.8) is 0 Å². The third-order valence-corrected chi connectivity index (χ3v) is 4.84. The smallest absolute Gasteiger partial charge is 0.225 e. The molecule has 3 rings (SSSR count). The lowest BCUT2D eigenvalue weighted by atomic mass is 10.3. The van der Waals surface area contributed by atoms with Gasteiger partial charge in [0.05, 0.1) is 13.0 Å². The van der Waals surface area contributed by atoms with Gasteiger partial charge in [0.25, 0.3) is 0 Å². The Bertz CT molecular complexity index is 503. The molecule has 0 bridgehead atoms. The van der Waals surface area contributed by atoms with E-state index in [1.165, 1.54) is 0 Å². The summed E-state index contributed by atoms with van der Waals surface area (Å²) in [6, 6.07) is 0. The van der Waals surface area contributed by atoms with Crippen LogP contribution in [0.1, 0.15) is 25.7 Å². The topological polar surface area (TPSA) is 65.0 Å².